The molecule has 0 aliphatic carbocycles. The number of amides is 1. The Hall–Kier alpha value is -2.35. The van der Waals surface area contributed by atoms with E-state index in [9.17, 15) is 19.8 Å². The average Bonchev–Trinajstić information content (AvgIpc) is 3.15. The quantitative estimate of drug-likeness (QED) is 0.569. The van der Waals surface area contributed by atoms with Crippen LogP contribution in [-0.4, -0.2) is 64.2 Å². The first-order valence-electron chi connectivity index (χ1n) is 10.1. The van der Waals surface area contributed by atoms with Crippen molar-refractivity contribution in [1.29, 1.82) is 0 Å². The molecule has 7 heteroatoms. The van der Waals surface area contributed by atoms with Crippen molar-refractivity contribution in [3.63, 3.8) is 0 Å². The van der Waals surface area contributed by atoms with Crippen LogP contribution < -0.4 is 5.32 Å². The summed E-state index contributed by atoms with van der Waals surface area (Å²) in [4.78, 5) is 26.7. The van der Waals surface area contributed by atoms with E-state index in [0.717, 1.165) is 29.7 Å². The number of hydrogen-bond donors (Lipinski definition) is 3. The van der Waals surface area contributed by atoms with Gasteiger partial charge in [0.2, 0.25) is 0 Å². The maximum Gasteiger partial charge on any atom is 0.326 e. The second-order valence-corrected chi connectivity index (χ2v) is 8.55. The molecule has 0 radical (unpaired) electrons. The molecular formula is C23H28N2O4S. The lowest BCUT2D eigenvalue weighted by molar-refractivity contribution is -0.139. The van der Waals surface area contributed by atoms with Gasteiger partial charge >= 0.3 is 5.97 Å². The molecule has 0 aromatic heterocycles. The van der Waals surface area contributed by atoms with E-state index >= 15 is 0 Å². The Morgan fingerprint density at radius 2 is 2.00 bits per heavy atom. The lowest BCUT2D eigenvalue weighted by Gasteiger charge is -2.19. The molecule has 2 aromatic carbocycles. The number of likely N-dealkylation sites (tertiary alicyclic amines) is 1. The van der Waals surface area contributed by atoms with Gasteiger partial charge in [-0.3, -0.25) is 9.69 Å². The maximum atomic E-state index is 13.0. The molecule has 30 heavy (non-hydrogen) atoms. The first-order valence-corrected chi connectivity index (χ1v) is 11.5. The predicted octanol–water partition coefficient (Wildman–Crippen LogP) is 2.86. The van der Waals surface area contributed by atoms with Gasteiger partial charge in [-0.15, -0.1) is 0 Å². The Morgan fingerprint density at radius 3 is 2.63 bits per heavy atom. The van der Waals surface area contributed by atoms with Crippen LogP contribution in [0.25, 0.3) is 11.1 Å². The van der Waals surface area contributed by atoms with Crippen LogP contribution in [0.2, 0.25) is 0 Å². The minimum atomic E-state index is -1.03. The molecular weight excluding hydrogens is 400 g/mol. The van der Waals surface area contributed by atoms with Gasteiger partial charge < -0.3 is 15.5 Å². The SMILES string of the molecule is CSCCC(NC(=O)c1ccc(CN2CCC(O)C2)cc1-c1ccccc1)C(=O)O. The number of aliphatic carboxylic acids is 1. The molecule has 0 saturated carbocycles. The number of nitrogens with one attached hydrogen (secondary N) is 1. The van der Waals surface area contributed by atoms with Gasteiger partial charge in [0.1, 0.15) is 6.04 Å². The molecule has 6 nitrogen and oxygen atoms in total. The van der Waals surface area contributed by atoms with Crippen LogP contribution >= 0.6 is 11.8 Å². The Labute approximate surface area is 181 Å². The summed E-state index contributed by atoms with van der Waals surface area (Å²) in [5.74, 6) is -0.753. The van der Waals surface area contributed by atoms with Crippen LogP contribution in [0.5, 0.6) is 0 Å². The van der Waals surface area contributed by atoms with Crippen molar-refractivity contribution >= 4 is 23.6 Å². The number of thioether (sulfide) groups is 1. The number of aliphatic hydroxyl groups excluding tert-OH is 1. The summed E-state index contributed by atoms with van der Waals surface area (Å²) in [7, 11) is 0. The summed E-state index contributed by atoms with van der Waals surface area (Å²) in [6.45, 7) is 2.20. The second-order valence-electron chi connectivity index (χ2n) is 7.57. The summed E-state index contributed by atoms with van der Waals surface area (Å²) in [5, 5.41) is 21.9. The van der Waals surface area contributed by atoms with Crippen LogP contribution in [-0.2, 0) is 11.3 Å². The van der Waals surface area contributed by atoms with Gasteiger partial charge in [-0.1, -0.05) is 36.4 Å². The maximum absolute atomic E-state index is 13.0. The monoisotopic (exact) mass is 428 g/mol. The summed E-state index contributed by atoms with van der Waals surface area (Å²) < 4.78 is 0. The standard InChI is InChI=1S/C23H28N2O4S/c1-30-12-10-21(23(28)29)24-22(27)19-8-7-16(14-25-11-9-18(26)15-25)13-20(19)17-5-3-2-4-6-17/h2-8,13,18,21,26H,9-12,14-15H2,1H3,(H,24,27)(H,28,29). The fraction of sp³-hybridized carbons (Fsp3) is 0.391. The van der Waals surface area contributed by atoms with Gasteiger partial charge in [0.25, 0.3) is 5.91 Å². The van der Waals surface area contributed by atoms with E-state index in [4.69, 9.17) is 0 Å². The topological polar surface area (TPSA) is 89.9 Å². The predicted molar refractivity (Wildman–Crippen MR) is 120 cm³/mol. The molecule has 2 aromatic rings. The average molecular weight is 429 g/mol. The van der Waals surface area contributed by atoms with Crippen molar-refractivity contribution in [2.75, 3.05) is 25.1 Å². The molecule has 3 rings (SSSR count). The molecule has 160 valence electrons. The molecule has 0 spiro atoms. The molecule has 1 aliphatic rings. The lowest BCUT2D eigenvalue weighted by atomic mass is 9.96. The largest absolute Gasteiger partial charge is 0.480 e. The van der Waals surface area contributed by atoms with Gasteiger partial charge in [-0.25, -0.2) is 4.79 Å². The highest BCUT2D eigenvalue weighted by Crippen LogP contribution is 2.26. The Morgan fingerprint density at radius 1 is 1.23 bits per heavy atom. The Balaban J connectivity index is 1.87. The Bertz CT molecular complexity index is 875. The number of aliphatic hydroxyl groups is 1. The zero-order chi connectivity index (χ0) is 21.5. The number of hydrogen-bond acceptors (Lipinski definition) is 5. The number of carboxylic acid groups (broad SMARTS) is 1. The van der Waals surface area contributed by atoms with Crippen LogP contribution in [0, 0.1) is 0 Å². The molecule has 1 amide bonds. The van der Waals surface area contributed by atoms with Crippen LogP contribution in [0.1, 0.15) is 28.8 Å². The minimum absolute atomic E-state index is 0.280. The molecule has 2 unspecified atom stereocenters. The van der Waals surface area contributed by atoms with E-state index in [0.29, 0.717) is 30.8 Å². The number of benzene rings is 2. The fourth-order valence-corrected chi connectivity index (χ4v) is 4.16. The smallest absolute Gasteiger partial charge is 0.326 e. The van der Waals surface area contributed by atoms with Crippen molar-refractivity contribution in [3.05, 3.63) is 59.7 Å². The number of nitrogens with zero attached hydrogens (tertiary/aromatic N) is 1. The summed E-state index contributed by atoms with van der Waals surface area (Å²) in [6.07, 6.45) is 2.78. The zero-order valence-corrected chi connectivity index (χ0v) is 17.9. The van der Waals surface area contributed by atoms with E-state index < -0.39 is 12.0 Å². The third-order valence-electron chi connectivity index (χ3n) is 5.28. The number of carbonyl (C=O) groups excluding carboxylic acids is 1. The van der Waals surface area contributed by atoms with Crippen molar-refractivity contribution in [3.8, 4) is 11.1 Å². The lowest BCUT2D eigenvalue weighted by Crippen LogP contribution is -2.41. The first kappa shape index (κ1) is 22.3. The fourth-order valence-electron chi connectivity index (χ4n) is 3.69. The third kappa shape index (κ3) is 5.84. The summed E-state index contributed by atoms with van der Waals surface area (Å²) in [6, 6.07) is 14.4. The van der Waals surface area contributed by atoms with Crippen molar-refractivity contribution in [2.24, 2.45) is 0 Å². The van der Waals surface area contributed by atoms with Crippen LogP contribution in [0.4, 0.5) is 0 Å². The number of carbonyl (C=O) groups is 2. The molecule has 3 N–H and O–H groups in total. The second kappa shape index (κ2) is 10.6. The van der Waals surface area contributed by atoms with Gasteiger partial charge in [-0.2, -0.15) is 11.8 Å². The highest BCUT2D eigenvalue weighted by atomic mass is 32.2. The molecule has 0 bridgehead atoms. The zero-order valence-electron chi connectivity index (χ0n) is 17.1. The molecule has 2 atom stereocenters. The van der Waals surface area contributed by atoms with Gasteiger partial charge in [0.15, 0.2) is 0 Å². The van der Waals surface area contributed by atoms with Crippen molar-refractivity contribution in [1.82, 2.24) is 10.2 Å². The molecule has 1 heterocycles. The van der Waals surface area contributed by atoms with E-state index in [2.05, 4.69) is 10.2 Å². The molecule has 1 saturated heterocycles. The van der Waals surface area contributed by atoms with Crippen LogP contribution in [0.15, 0.2) is 48.5 Å². The normalized spacial score (nSPS) is 17.6. The number of β-amino-alcohol motifs (C(OH)–C–C–N with tert-alkyl or cyclic N) is 1. The Kier molecular flexibility index (Phi) is 7.90. The third-order valence-corrected chi connectivity index (χ3v) is 5.93. The summed E-state index contributed by atoms with van der Waals surface area (Å²) >= 11 is 1.55. The van der Waals surface area contributed by atoms with E-state index in [-0.39, 0.29) is 12.0 Å². The van der Waals surface area contributed by atoms with Crippen molar-refractivity contribution in [2.45, 2.75) is 31.5 Å². The highest BCUT2D eigenvalue weighted by molar-refractivity contribution is 7.98. The molecule has 1 fully saturated rings. The van der Waals surface area contributed by atoms with Gasteiger partial charge in [-0.05, 0) is 53.7 Å². The van der Waals surface area contributed by atoms with E-state index in [1.54, 1.807) is 17.8 Å². The molecule has 1 aliphatic heterocycles. The summed E-state index contributed by atoms with van der Waals surface area (Å²) in [5.41, 5.74) is 3.19. The van der Waals surface area contributed by atoms with E-state index in [1.807, 2.05) is 48.7 Å². The minimum Gasteiger partial charge on any atom is -0.480 e. The van der Waals surface area contributed by atoms with Crippen molar-refractivity contribution < 1.29 is 19.8 Å². The van der Waals surface area contributed by atoms with Crippen LogP contribution in [0.3, 0.4) is 0 Å². The highest BCUT2D eigenvalue weighted by Gasteiger charge is 2.23. The van der Waals surface area contributed by atoms with Gasteiger partial charge in [0.05, 0.1) is 6.10 Å². The first-order chi connectivity index (χ1) is 14.5. The number of rotatable bonds is 9. The van der Waals surface area contributed by atoms with E-state index in [1.165, 1.54) is 0 Å². The number of carboxylic acids is 1. The van der Waals surface area contributed by atoms with Gasteiger partial charge in [0, 0.05) is 25.2 Å².